The Bertz CT molecular complexity index is 1600. The van der Waals surface area contributed by atoms with Gasteiger partial charge in [-0.05, 0) is 79.9 Å². The first-order valence-electron chi connectivity index (χ1n) is 12.1. The van der Waals surface area contributed by atoms with Crippen molar-refractivity contribution in [2.24, 2.45) is 0 Å². The first kappa shape index (κ1) is 24.5. The van der Waals surface area contributed by atoms with Gasteiger partial charge >= 0.3 is 5.97 Å². The Morgan fingerprint density at radius 1 is 0.865 bits per heavy atom. The molecule has 184 valence electrons. The topological polar surface area (TPSA) is 48.4 Å². The van der Waals surface area contributed by atoms with Crippen LogP contribution in [0.5, 0.6) is 11.5 Å². The second-order valence-electron chi connectivity index (χ2n) is 9.06. The van der Waals surface area contributed by atoms with Crippen LogP contribution in [0.3, 0.4) is 0 Å². The zero-order valence-electron chi connectivity index (χ0n) is 20.9. The summed E-state index contributed by atoms with van der Waals surface area (Å²) in [6.07, 6.45) is 0. The number of para-hydroxylation sites is 1. The predicted octanol–water partition coefficient (Wildman–Crippen LogP) is 8.28. The molecule has 1 heterocycles. The third-order valence-electron chi connectivity index (χ3n) is 6.29. The van der Waals surface area contributed by atoms with Crippen LogP contribution < -0.4 is 9.47 Å². The van der Waals surface area contributed by atoms with Crippen molar-refractivity contribution in [1.29, 1.82) is 0 Å². The van der Waals surface area contributed by atoms with Gasteiger partial charge in [0.25, 0.3) is 0 Å². The number of carbonyl (C=O) groups is 1. The maximum atomic E-state index is 13.6. The fourth-order valence-electron chi connectivity index (χ4n) is 4.49. The van der Waals surface area contributed by atoms with Crippen LogP contribution in [0.25, 0.3) is 22.2 Å². The standard InChI is InChI=1S/C32H26ClNO3/c1-20-17-21(2)30-26(18-20)29(32(35)37-28-12-8-7-11-27(28)33)22(3)31(34-30)24-13-15-25(16-14-24)36-19-23-9-5-4-6-10-23/h4-18H,19H2,1-3H3. The molecule has 37 heavy (non-hydrogen) atoms. The number of hydrogen-bond donors (Lipinski definition) is 0. The highest BCUT2D eigenvalue weighted by Crippen LogP contribution is 2.34. The molecule has 0 aliphatic carbocycles. The van der Waals surface area contributed by atoms with Crippen molar-refractivity contribution in [2.75, 3.05) is 0 Å². The molecule has 0 fully saturated rings. The zero-order valence-corrected chi connectivity index (χ0v) is 21.7. The van der Waals surface area contributed by atoms with Crippen LogP contribution in [0, 0.1) is 20.8 Å². The van der Waals surface area contributed by atoms with Gasteiger partial charge in [0.05, 0.1) is 21.8 Å². The third kappa shape index (κ3) is 5.20. The number of benzene rings is 4. The average Bonchev–Trinajstić information content (AvgIpc) is 2.89. The number of ether oxygens (including phenoxy) is 2. The van der Waals surface area contributed by atoms with Crippen molar-refractivity contribution in [3.05, 3.63) is 124 Å². The summed E-state index contributed by atoms with van der Waals surface area (Å²) in [5.74, 6) is 0.618. The zero-order chi connectivity index (χ0) is 25.9. The van der Waals surface area contributed by atoms with Crippen LogP contribution in [-0.4, -0.2) is 11.0 Å². The summed E-state index contributed by atoms with van der Waals surface area (Å²) in [7, 11) is 0. The molecule has 5 aromatic rings. The number of esters is 1. The van der Waals surface area contributed by atoms with Crippen molar-refractivity contribution in [1.82, 2.24) is 4.98 Å². The lowest BCUT2D eigenvalue weighted by atomic mass is 9.95. The molecule has 4 nitrogen and oxygen atoms in total. The Balaban J connectivity index is 1.54. The minimum atomic E-state index is -0.466. The molecule has 0 unspecified atom stereocenters. The molecule has 4 aromatic carbocycles. The maximum Gasteiger partial charge on any atom is 0.344 e. The van der Waals surface area contributed by atoms with Gasteiger partial charge < -0.3 is 9.47 Å². The SMILES string of the molecule is Cc1cc(C)c2nc(-c3ccc(OCc4ccccc4)cc3)c(C)c(C(=O)Oc3ccccc3Cl)c2c1. The second kappa shape index (κ2) is 10.5. The Hall–Kier alpha value is -4.15. The molecular weight excluding hydrogens is 482 g/mol. The van der Waals surface area contributed by atoms with Crippen LogP contribution in [0.1, 0.15) is 32.6 Å². The van der Waals surface area contributed by atoms with E-state index in [9.17, 15) is 4.79 Å². The average molecular weight is 508 g/mol. The highest BCUT2D eigenvalue weighted by molar-refractivity contribution is 6.32. The van der Waals surface area contributed by atoms with E-state index in [1.54, 1.807) is 24.3 Å². The number of nitrogens with zero attached hydrogens (tertiary/aromatic N) is 1. The van der Waals surface area contributed by atoms with Gasteiger partial charge in [-0.25, -0.2) is 9.78 Å². The number of pyridine rings is 1. The molecule has 1 aromatic heterocycles. The number of carbonyl (C=O) groups excluding carboxylic acids is 1. The van der Waals surface area contributed by atoms with Gasteiger partial charge in [-0.15, -0.1) is 0 Å². The summed E-state index contributed by atoms with van der Waals surface area (Å²) >= 11 is 6.27. The van der Waals surface area contributed by atoms with E-state index in [0.717, 1.165) is 50.2 Å². The lowest BCUT2D eigenvalue weighted by Crippen LogP contribution is -2.13. The van der Waals surface area contributed by atoms with Gasteiger partial charge in [0.2, 0.25) is 0 Å². The van der Waals surface area contributed by atoms with Gasteiger partial charge in [0, 0.05) is 10.9 Å². The van der Waals surface area contributed by atoms with Crippen LogP contribution in [0.15, 0.2) is 91.0 Å². The summed E-state index contributed by atoms with van der Waals surface area (Å²) in [6, 6.07) is 28.8. The summed E-state index contributed by atoms with van der Waals surface area (Å²) in [6.45, 7) is 6.41. The number of aryl methyl sites for hydroxylation is 2. The molecule has 0 atom stereocenters. The number of fused-ring (bicyclic) bond motifs is 1. The Morgan fingerprint density at radius 2 is 1.57 bits per heavy atom. The second-order valence-corrected chi connectivity index (χ2v) is 9.46. The van der Waals surface area contributed by atoms with Gasteiger partial charge in [0.1, 0.15) is 18.1 Å². The van der Waals surface area contributed by atoms with E-state index in [0.29, 0.717) is 22.9 Å². The summed E-state index contributed by atoms with van der Waals surface area (Å²) < 4.78 is 11.7. The van der Waals surface area contributed by atoms with Crippen molar-refractivity contribution in [2.45, 2.75) is 27.4 Å². The Morgan fingerprint density at radius 3 is 2.30 bits per heavy atom. The maximum absolute atomic E-state index is 13.6. The molecule has 0 aliphatic rings. The van der Waals surface area contributed by atoms with E-state index in [4.69, 9.17) is 26.1 Å². The van der Waals surface area contributed by atoms with Crippen LogP contribution in [0.2, 0.25) is 5.02 Å². The van der Waals surface area contributed by atoms with E-state index in [1.165, 1.54) is 0 Å². The molecule has 0 bridgehead atoms. The van der Waals surface area contributed by atoms with E-state index in [1.807, 2.05) is 81.4 Å². The van der Waals surface area contributed by atoms with Gasteiger partial charge in [-0.1, -0.05) is 65.7 Å². The number of aromatic nitrogens is 1. The van der Waals surface area contributed by atoms with E-state index in [-0.39, 0.29) is 0 Å². The van der Waals surface area contributed by atoms with Crippen LogP contribution in [0.4, 0.5) is 0 Å². The number of rotatable bonds is 6. The minimum absolute atomic E-state index is 0.323. The number of halogens is 1. The van der Waals surface area contributed by atoms with Gasteiger partial charge in [0.15, 0.2) is 0 Å². The van der Waals surface area contributed by atoms with E-state index < -0.39 is 5.97 Å². The molecule has 0 N–H and O–H groups in total. The lowest BCUT2D eigenvalue weighted by Gasteiger charge is -2.16. The summed E-state index contributed by atoms with van der Waals surface area (Å²) in [5.41, 5.74) is 6.74. The lowest BCUT2D eigenvalue weighted by molar-refractivity contribution is 0.0736. The fourth-order valence-corrected chi connectivity index (χ4v) is 4.66. The third-order valence-corrected chi connectivity index (χ3v) is 6.60. The van der Waals surface area contributed by atoms with E-state index in [2.05, 4.69) is 6.07 Å². The quantitative estimate of drug-likeness (QED) is 0.171. The highest BCUT2D eigenvalue weighted by Gasteiger charge is 2.22. The monoisotopic (exact) mass is 507 g/mol. The molecule has 0 saturated heterocycles. The fraction of sp³-hybridized carbons (Fsp3) is 0.125. The van der Waals surface area contributed by atoms with Crippen molar-refractivity contribution >= 4 is 28.5 Å². The minimum Gasteiger partial charge on any atom is -0.489 e. The first-order valence-corrected chi connectivity index (χ1v) is 12.4. The number of hydrogen-bond acceptors (Lipinski definition) is 4. The van der Waals surface area contributed by atoms with Crippen LogP contribution in [-0.2, 0) is 6.61 Å². The summed E-state index contributed by atoms with van der Waals surface area (Å²) in [4.78, 5) is 18.6. The molecule has 0 amide bonds. The predicted molar refractivity (Wildman–Crippen MR) is 149 cm³/mol. The molecule has 5 heteroatoms. The molecule has 0 aliphatic heterocycles. The Kier molecular flexibility index (Phi) is 6.93. The van der Waals surface area contributed by atoms with Gasteiger partial charge in [-0.3, -0.25) is 0 Å². The van der Waals surface area contributed by atoms with Crippen molar-refractivity contribution in [3.63, 3.8) is 0 Å². The largest absolute Gasteiger partial charge is 0.489 e. The van der Waals surface area contributed by atoms with Crippen molar-refractivity contribution < 1.29 is 14.3 Å². The van der Waals surface area contributed by atoms with Crippen molar-refractivity contribution in [3.8, 4) is 22.8 Å². The molecular formula is C32H26ClNO3. The normalized spacial score (nSPS) is 10.9. The van der Waals surface area contributed by atoms with Crippen LogP contribution >= 0.6 is 11.6 Å². The molecule has 5 rings (SSSR count). The smallest absolute Gasteiger partial charge is 0.344 e. The van der Waals surface area contributed by atoms with Gasteiger partial charge in [-0.2, -0.15) is 0 Å². The van der Waals surface area contributed by atoms with E-state index >= 15 is 0 Å². The molecule has 0 spiro atoms. The summed E-state index contributed by atoms with van der Waals surface area (Å²) in [5, 5.41) is 1.14. The molecule has 0 radical (unpaired) electrons. The highest BCUT2D eigenvalue weighted by atomic mass is 35.5. The molecule has 0 saturated carbocycles. The Labute approximate surface area is 221 Å². The first-order chi connectivity index (χ1) is 17.9.